The third kappa shape index (κ3) is 3.87. The van der Waals surface area contributed by atoms with Gasteiger partial charge >= 0.3 is 0 Å². The van der Waals surface area contributed by atoms with Crippen molar-refractivity contribution in [3.8, 4) is 0 Å². The van der Waals surface area contributed by atoms with Crippen LogP contribution in [0.1, 0.15) is 26.3 Å². The van der Waals surface area contributed by atoms with Gasteiger partial charge in [-0.1, -0.05) is 24.6 Å². The Labute approximate surface area is 127 Å². The molecule has 0 atom stereocenters. The van der Waals surface area contributed by atoms with Gasteiger partial charge in [-0.2, -0.15) is 0 Å². The van der Waals surface area contributed by atoms with Gasteiger partial charge in [-0.25, -0.2) is 0 Å². The molecule has 0 aliphatic carbocycles. The molecule has 0 saturated carbocycles. The summed E-state index contributed by atoms with van der Waals surface area (Å²) in [6.07, 6.45) is 0. The van der Waals surface area contributed by atoms with Crippen molar-refractivity contribution in [2.24, 2.45) is 0 Å². The Morgan fingerprint density at radius 2 is 1.90 bits per heavy atom. The maximum absolute atomic E-state index is 6.39. The van der Waals surface area contributed by atoms with Gasteiger partial charge in [-0.15, -0.1) is 0 Å². The van der Waals surface area contributed by atoms with Crippen molar-refractivity contribution in [2.45, 2.75) is 33.4 Å². The molecule has 112 valence electrons. The van der Waals surface area contributed by atoms with Gasteiger partial charge in [0.1, 0.15) is 0 Å². The molecule has 1 saturated heterocycles. The van der Waals surface area contributed by atoms with Gasteiger partial charge in [0.15, 0.2) is 0 Å². The minimum Gasteiger partial charge on any atom is -0.369 e. The number of hydrogen-bond donors (Lipinski definition) is 1. The van der Waals surface area contributed by atoms with E-state index in [9.17, 15) is 0 Å². The van der Waals surface area contributed by atoms with Gasteiger partial charge in [0.2, 0.25) is 0 Å². The fraction of sp³-hybridized carbons (Fsp3) is 0.625. The second kappa shape index (κ2) is 7.30. The summed E-state index contributed by atoms with van der Waals surface area (Å²) in [4.78, 5) is 4.96. The Bertz CT molecular complexity index is 426. The van der Waals surface area contributed by atoms with Crippen molar-refractivity contribution < 1.29 is 0 Å². The van der Waals surface area contributed by atoms with Crippen LogP contribution in [0.15, 0.2) is 18.2 Å². The number of rotatable bonds is 5. The SMILES string of the molecule is CCNCc1ccc(N2CCN(C(C)C)CC2)cc1Cl. The molecule has 1 aliphatic rings. The fourth-order valence-electron chi connectivity index (χ4n) is 2.63. The predicted octanol–water partition coefficient (Wildman–Crippen LogP) is 2.98. The minimum absolute atomic E-state index is 0.642. The number of nitrogens with zero attached hydrogens (tertiary/aromatic N) is 2. The van der Waals surface area contributed by atoms with E-state index in [0.29, 0.717) is 6.04 Å². The standard InChI is InChI=1S/C16H26ClN3/c1-4-18-12-14-5-6-15(11-16(14)17)20-9-7-19(8-10-20)13(2)3/h5-6,11,13,18H,4,7-10,12H2,1-3H3. The lowest BCUT2D eigenvalue weighted by Gasteiger charge is -2.38. The van der Waals surface area contributed by atoms with Crippen LogP contribution < -0.4 is 10.2 Å². The van der Waals surface area contributed by atoms with Crippen molar-refractivity contribution >= 4 is 17.3 Å². The highest BCUT2D eigenvalue weighted by Crippen LogP contribution is 2.25. The Kier molecular flexibility index (Phi) is 5.70. The van der Waals surface area contributed by atoms with Crippen molar-refractivity contribution in [3.63, 3.8) is 0 Å². The molecule has 1 aromatic carbocycles. The van der Waals surface area contributed by atoms with Gasteiger partial charge in [0, 0.05) is 49.5 Å². The van der Waals surface area contributed by atoms with Crippen LogP contribution in [-0.2, 0) is 6.54 Å². The molecule has 0 radical (unpaired) electrons. The Hall–Kier alpha value is -0.770. The first-order valence-corrected chi connectivity index (χ1v) is 7.97. The van der Waals surface area contributed by atoms with Crippen LogP contribution in [0.3, 0.4) is 0 Å². The van der Waals surface area contributed by atoms with E-state index in [2.05, 4.69) is 54.1 Å². The number of piperazine rings is 1. The van der Waals surface area contributed by atoms with E-state index >= 15 is 0 Å². The molecule has 20 heavy (non-hydrogen) atoms. The number of halogens is 1. The van der Waals surface area contributed by atoms with Crippen LogP contribution in [0, 0.1) is 0 Å². The summed E-state index contributed by atoms with van der Waals surface area (Å²) < 4.78 is 0. The first kappa shape index (κ1) is 15.6. The molecule has 1 N–H and O–H groups in total. The van der Waals surface area contributed by atoms with Crippen LogP contribution in [0.5, 0.6) is 0 Å². The molecule has 0 unspecified atom stereocenters. The van der Waals surface area contributed by atoms with E-state index in [-0.39, 0.29) is 0 Å². The predicted molar refractivity (Wildman–Crippen MR) is 87.8 cm³/mol. The van der Waals surface area contributed by atoms with E-state index in [4.69, 9.17) is 11.6 Å². The zero-order chi connectivity index (χ0) is 14.5. The summed E-state index contributed by atoms with van der Waals surface area (Å²) in [7, 11) is 0. The van der Waals surface area contributed by atoms with E-state index < -0.39 is 0 Å². The Balaban J connectivity index is 1.98. The average molecular weight is 296 g/mol. The summed E-state index contributed by atoms with van der Waals surface area (Å²) in [5.41, 5.74) is 2.43. The Morgan fingerprint density at radius 1 is 1.20 bits per heavy atom. The molecule has 0 amide bonds. The van der Waals surface area contributed by atoms with Gasteiger partial charge in [-0.3, -0.25) is 4.90 Å². The summed E-state index contributed by atoms with van der Waals surface area (Å²) >= 11 is 6.39. The van der Waals surface area contributed by atoms with Gasteiger partial charge in [-0.05, 0) is 38.1 Å². The minimum atomic E-state index is 0.642. The second-order valence-corrected chi connectivity index (χ2v) is 6.08. The van der Waals surface area contributed by atoms with E-state index in [1.807, 2.05) is 0 Å². The molecule has 3 nitrogen and oxygen atoms in total. The number of benzene rings is 1. The van der Waals surface area contributed by atoms with Crippen molar-refractivity contribution in [3.05, 3.63) is 28.8 Å². The van der Waals surface area contributed by atoms with Gasteiger partial charge < -0.3 is 10.2 Å². The highest BCUT2D eigenvalue weighted by atomic mass is 35.5. The molecule has 1 aromatic rings. The Morgan fingerprint density at radius 3 is 2.45 bits per heavy atom. The van der Waals surface area contributed by atoms with E-state index in [0.717, 1.165) is 44.3 Å². The molecule has 4 heteroatoms. The highest BCUT2D eigenvalue weighted by molar-refractivity contribution is 6.31. The lowest BCUT2D eigenvalue weighted by atomic mass is 10.1. The molecule has 0 spiro atoms. The molecule has 0 bridgehead atoms. The summed E-state index contributed by atoms with van der Waals surface area (Å²) in [6, 6.07) is 7.10. The average Bonchev–Trinajstić information content (AvgIpc) is 2.46. The van der Waals surface area contributed by atoms with Crippen LogP contribution in [0.4, 0.5) is 5.69 Å². The zero-order valence-corrected chi connectivity index (χ0v) is 13.6. The molecule has 1 aliphatic heterocycles. The van der Waals surface area contributed by atoms with Crippen LogP contribution >= 0.6 is 11.6 Å². The first-order chi connectivity index (χ1) is 9.61. The van der Waals surface area contributed by atoms with Gasteiger partial charge in [0.25, 0.3) is 0 Å². The third-order valence-corrected chi connectivity index (χ3v) is 4.36. The zero-order valence-electron chi connectivity index (χ0n) is 12.8. The van der Waals surface area contributed by atoms with E-state index in [1.54, 1.807) is 0 Å². The molecular weight excluding hydrogens is 270 g/mol. The van der Waals surface area contributed by atoms with Crippen LogP contribution in [0.2, 0.25) is 5.02 Å². The van der Waals surface area contributed by atoms with Gasteiger partial charge in [0.05, 0.1) is 0 Å². The maximum Gasteiger partial charge on any atom is 0.0471 e. The number of nitrogens with one attached hydrogen (secondary N) is 1. The second-order valence-electron chi connectivity index (χ2n) is 5.67. The summed E-state index contributed by atoms with van der Waals surface area (Å²) in [6.45, 7) is 12.9. The van der Waals surface area contributed by atoms with Crippen molar-refractivity contribution in [1.82, 2.24) is 10.2 Å². The maximum atomic E-state index is 6.39. The van der Waals surface area contributed by atoms with Crippen LogP contribution in [0.25, 0.3) is 0 Å². The quantitative estimate of drug-likeness (QED) is 0.901. The molecule has 1 fully saturated rings. The number of anilines is 1. The van der Waals surface area contributed by atoms with Crippen molar-refractivity contribution in [1.29, 1.82) is 0 Å². The highest BCUT2D eigenvalue weighted by Gasteiger charge is 2.19. The monoisotopic (exact) mass is 295 g/mol. The lowest BCUT2D eigenvalue weighted by Crippen LogP contribution is -2.48. The normalized spacial score (nSPS) is 16.9. The lowest BCUT2D eigenvalue weighted by molar-refractivity contribution is 0.209. The third-order valence-electron chi connectivity index (χ3n) is 4.01. The summed E-state index contributed by atoms with van der Waals surface area (Å²) in [5.74, 6) is 0. The van der Waals surface area contributed by atoms with Crippen LogP contribution in [-0.4, -0.2) is 43.7 Å². The largest absolute Gasteiger partial charge is 0.369 e. The van der Waals surface area contributed by atoms with Crippen molar-refractivity contribution in [2.75, 3.05) is 37.6 Å². The fourth-order valence-corrected chi connectivity index (χ4v) is 2.87. The molecule has 0 aromatic heterocycles. The van der Waals surface area contributed by atoms with E-state index in [1.165, 1.54) is 11.3 Å². The summed E-state index contributed by atoms with van der Waals surface area (Å²) in [5, 5.41) is 4.19. The molecular formula is C16H26ClN3. The smallest absolute Gasteiger partial charge is 0.0471 e. The number of hydrogen-bond acceptors (Lipinski definition) is 3. The molecule has 2 rings (SSSR count). The molecule has 1 heterocycles. The topological polar surface area (TPSA) is 18.5 Å². The first-order valence-electron chi connectivity index (χ1n) is 7.60.